The van der Waals surface area contributed by atoms with Crippen molar-refractivity contribution in [1.29, 1.82) is 5.26 Å². The van der Waals surface area contributed by atoms with Crippen LogP contribution in [0.1, 0.15) is 30.4 Å². The molecule has 1 heterocycles. The number of fused-ring (bicyclic) bond motifs is 1. The second-order valence-electron chi connectivity index (χ2n) is 4.70. The number of hydrogen-bond acceptors (Lipinski definition) is 2. The van der Waals surface area contributed by atoms with Gasteiger partial charge in [0.05, 0.1) is 15.6 Å². The van der Waals surface area contributed by atoms with Crippen molar-refractivity contribution in [2.75, 3.05) is 0 Å². The highest BCUT2D eigenvalue weighted by Gasteiger charge is 2.58. The molecule has 2 nitrogen and oxygen atoms in total. The number of ether oxygens (including phenoxy) is 1. The Morgan fingerprint density at radius 2 is 2.06 bits per heavy atom. The van der Waals surface area contributed by atoms with Crippen LogP contribution in [-0.4, -0.2) is 5.60 Å². The van der Waals surface area contributed by atoms with Crippen LogP contribution < -0.4 is 4.74 Å². The molecule has 0 aromatic heterocycles. The van der Waals surface area contributed by atoms with E-state index in [0.29, 0.717) is 12.8 Å². The Labute approximate surface area is 115 Å². The van der Waals surface area contributed by atoms with Gasteiger partial charge in [-0.3, -0.25) is 0 Å². The van der Waals surface area contributed by atoms with Gasteiger partial charge in [-0.15, -0.1) is 0 Å². The van der Waals surface area contributed by atoms with Gasteiger partial charge in [0.1, 0.15) is 28.8 Å². The molecule has 0 unspecified atom stereocenters. The molecule has 18 heavy (non-hydrogen) atoms. The van der Waals surface area contributed by atoms with Crippen LogP contribution >= 0.6 is 22.6 Å². The van der Waals surface area contributed by atoms with Gasteiger partial charge in [-0.05, 0) is 41.5 Å². The van der Waals surface area contributed by atoms with Crippen molar-refractivity contribution in [2.45, 2.75) is 30.8 Å². The largest absolute Gasteiger partial charge is 0.485 e. The van der Waals surface area contributed by atoms with Gasteiger partial charge < -0.3 is 4.74 Å². The molecule has 1 fully saturated rings. The molecule has 1 aliphatic heterocycles. The minimum absolute atomic E-state index is 0.0300. The van der Waals surface area contributed by atoms with Gasteiger partial charge >= 0.3 is 0 Å². The quantitative estimate of drug-likeness (QED) is 0.657. The van der Waals surface area contributed by atoms with Gasteiger partial charge in [0.25, 0.3) is 5.92 Å². The van der Waals surface area contributed by atoms with Gasteiger partial charge in [-0.25, -0.2) is 13.2 Å². The molecule has 0 saturated heterocycles. The van der Waals surface area contributed by atoms with Crippen molar-refractivity contribution in [2.24, 2.45) is 0 Å². The van der Waals surface area contributed by atoms with Crippen LogP contribution in [0.2, 0.25) is 0 Å². The summed E-state index contributed by atoms with van der Waals surface area (Å²) < 4.78 is 47.1. The molecule has 1 aromatic carbocycles. The molecule has 0 bridgehead atoms. The lowest BCUT2D eigenvalue weighted by Crippen LogP contribution is -2.35. The topological polar surface area (TPSA) is 33.0 Å². The van der Waals surface area contributed by atoms with Gasteiger partial charge in [0, 0.05) is 0 Å². The smallest absolute Gasteiger partial charge is 0.280 e. The maximum absolute atomic E-state index is 14.0. The summed E-state index contributed by atoms with van der Waals surface area (Å²) >= 11 is 1.63. The van der Waals surface area contributed by atoms with Crippen molar-refractivity contribution in [3.05, 3.63) is 26.6 Å². The van der Waals surface area contributed by atoms with E-state index in [1.54, 1.807) is 28.7 Å². The van der Waals surface area contributed by atoms with Gasteiger partial charge in [0.15, 0.2) is 0 Å². The molecule has 1 spiro atoms. The van der Waals surface area contributed by atoms with Crippen LogP contribution in [0.15, 0.2) is 6.07 Å². The zero-order valence-electron chi connectivity index (χ0n) is 9.07. The monoisotopic (exact) mass is 365 g/mol. The maximum Gasteiger partial charge on any atom is 0.280 e. The summed E-state index contributed by atoms with van der Waals surface area (Å²) in [4.78, 5) is 0. The Hall–Kier alpha value is -0.970. The number of alkyl halides is 2. The molecule has 94 valence electrons. The average molecular weight is 365 g/mol. The molecule has 0 atom stereocenters. The second-order valence-corrected chi connectivity index (χ2v) is 5.78. The first kappa shape index (κ1) is 12.1. The number of rotatable bonds is 0. The zero-order valence-corrected chi connectivity index (χ0v) is 11.2. The Kier molecular flexibility index (Phi) is 2.37. The SMILES string of the molecule is N#Cc1c(I)c(F)cc2c1OC1(CC1)CC2(F)F. The first-order valence-electron chi connectivity index (χ1n) is 5.38. The molecule has 0 N–H and O–H groups in total. The highest BCUT2D eigenvalue weighted by Crippen LogP contribution is 2.57. The highest BCUT2D eigenvalue weighted by atomic mass is 127. The summed E-state index contributed by atoms with van der Waals surface area (Å²) in [6.07, 6.45) is 0.680. The van der Waals surface area contributed by atoms with E-state index in [2.05, 4.69) is 0 Å². The molecule has 1 aromatic rings. The third kappa shape index (κ3) is 1.60. The van der Waals surface area contributed by atoms with E-state index in [0.717, 1.165) is 6.07 Å². The molecular formula is C12H7F3INO. The molecule has 1 aliphatic carbocycles. The normalized spacial score (nSPS) is 21.9. The van der Waals surface area contributed by atoms with E-state index in [1.807, 2.05) is 0 Å². The van der Waals surface area contributed by atoms with Crippen molar-refractivity contribution >= 4 is 22.6 Å². The second kappa shape index (κ2) is 3.53. The number of benzene rings is 1. The van der Waals surface area contributed by atoms with Gasteiger partial charge in [-0.2, -0.15) is 5.26 Å². The molecule has 3 rings (SSSR count). The van der Waals surface area contributed by atoms with Crippen LogP contribution in [0, 0.1) is 20.7 Å². The fourth-order valence-corrected chi connectivity index (χ4v) is 2.78. The molecule has 1 saturated carbocycles. The van der Waals surface area contributed by atoms with E-state index >= 15 is 0 Å². The maximum atomic E-state index is 14.0. The van der Waals surface area contributed by atoms with Gasteiger partial charge in [0.2, 0.25) is 0 Å². The van der Waals surface area contributed by atoms with E-state index in [1.165, 1.54) is 0 Å². The summed E-state index contributed by atoms with van der Waals surface area (Å²) in [5.74, 6) is -4.08. The van der Waals surface area contributed by atoms with Crippen LogP contribution in [0.5, 0.6) is 5.75 Å². The zero-order chi connectivity index (χ0) is 13.1. The van der Waals surface area contributed by atoms with E-state index in [4.69, 9.17) is 10.00 Å². The van der Waals surface area contributed by atoms with Crippen LogP contribution in [0.3, 0.4) is 0 Å². The molecule has 6 heteroatoms. The van der Waals surface area contributed by atoms with E-state index < -0.39 is 29.3 Å². The Morgan fingerprint density at radius 1 is 1.39 bits per heavy atom. The standard InChI is InChI=1S/C12H7F3INO/c13-8-3-7-10(6(4-17)9(8)16)18-11(1-2-11)5-12(7,14)15/h3H,1-2,5H2. The predicted octanol–water partition coefficient (Wildman–Crippen LogP) is 3.71. The summed E-state index contributed by atoms with van der Waals surface area (Å²) in [6.45, 7) is 0. The Balaban J connectivity index is 2.28. The fraction of sp³-hybridized carbons (Fsp3) is 0.417. The third-order valence-corrected chi connectivity index (χ3v) is 4.40. The van der Waals surface area contributed by atoms with E-state index in [-0.39, 0.29) is 14.9 Å². The molecule has 2 aliphatic rings. The van der Waals surface area contributed by atoms with Crippen LogP contribution in [0.25, 0.3) is 0 Å². The Bertz CT molecular complexity index is 590. The lowest BCUT2D eigenvalue weighted by Gasteiger charge is -2.33. The summed E-state index contributed by atoms with van der Waals surface area (Å²) in [5.41, 5.74) is -1.48. The van der Waals surface area contributed by atoms with Crippen molar-refractivity contribution < 1.29 is 17.9 Å². The fourth-order valence-electron chi connectivity index (χ4n) is 2.26. The van der Waals surface area contributed by atoms with Gasteiger partial charge in [-0.1, -0.05) is 0 Å². The number of hydrogen-bond donors (Lipinski definition) is 0. The minimum atomic E-state index is -3.14. The van der Waals surface area contributed by atoms with Crippen molar-refractivity contribution in [3.63, 3.8) is 0 Å². The van der Waals surface area contributed by atoms with Crippen LogP contribution in [-0.2, 0) is 5.92 Å². The molecular weight excluding hydrogens is 358 g/mol. The summed E-state index contributed by atoms with van der Waals surface area (Å²) in [5, 5.41) is 9.01. The highest BCUT2D eigenvalue weighted by molar-refractivity contribution is 14.1. The van der Waals surface area contributed by atoms with Crippen molar-refractivity contribution in [1.82, 2.24) is 0 Å². The Morgan fingerprint density at radius 3 is 2.61 bits per heavy atom. The van der Waals surface area contributed by atoms with Crippen molar-refractivity contribution in [3.8, 4) is 11.8 Å². The summed E-state index contributed by atoms with van der Waals surface area (Å²) in [7, 11) is 0. The third-order valence-electron chi connectivity index (χ3n) is 3.35. The molecule has 0 amide bonds. The first-order valence-corrected chi connectivity index (χ1v) is 6.46. The number of nitrogens with zero attached hydrogens (tertiary/aromatic N) is 1. The van der Waals surface area contributed by atoms with E-state index in [9.17, 15) is 13.2 Å². The van der Waals surface area contributed by atoms with Crippen LogP contribution in [0.4, 0.5) is 13.2 Å². The number of halogens is 4. The predicted molar refractivity (Wildman–Crippen MR) is 64.9 cm³/mol. The minimum Gasteiger partial charge on any atom is -0.485 e. The molecule has 0 radical (unpaired) electrons. The average Bonchev–Trinajstić information content (AvgIpc) is 3.01. The first-order chi connectivity index (χ1) is 8.38. The lowest BCUT2D eigenvalue weighted by atomic mass is 9.94. The lowest BCUT2D eigenvalue weighted by molar-refractivity contribution is -0.0732. The summed E-state index contributed by atoms with van der Waals surface area (Å²) in [6, 6.07) is 2.55. The number of nitriles is 1.